The first-order valence-electron chi connectivity index (χ1n) is 3.53. The number of rotatable bonds is 1. The zero-order valence-corrected chi connectivity index (χ0v) is 6.59. The molecule has 11 heavy (non-hydrogen) atoms. The van der Waals surface area contributed by atoms with Crippen LogP contribution in [0.15, 0.2) is 17.2 Å². The maximum absolute atomic E-state index is 11.1. The van der Waals surface area contributed by atoms with Crippen LogP contribution in [0, 0.1) is 0 Å². The fourth-order valence-electron chi connectivity index (χ4n) is 0.918. The van der Waals surface area contributed by atoms with Crippen LogP contribution in [0.25, 0.3) is 0 Å². The Morgan fingerprint density at radius 1 is 1.45 bits per heavy atom. The molecule has 1 aromatic rings. The van der Waals surface area contributed by atoms with E-state index < -0.39 is 0 Å². The summed E-state index contributed by atoms with van der Waals surface area (Å²) in [5, 5.41) is 9.01. The first-order chi connectivity index (χ1) is 5.13. The van der Waals surface area contributed by atoms with E-state index in [9.17, 15) is 4.79 Å². The van der Waals surface area contributed by atoms with Gasteiger partial charge in [0.25, 0.3) is 0 Å². The average Bonchev–Trinajstić information content (AvgIpc) is 1.94. The maximum Gasteiger partial charge on any atom is 0.226 e. The first kappa shape index (κ1) is 7.85. The van der Waals surface area contributed by atoms with Gasteiger partial charge in [-0.15, -0.1) is 0 Å². The highest BCUT2D eigenvalue weighted by Crippen LogP contribution is 2.10. The summed E-state index contributed by atoms with van der Waals surface area (Å²) >= 11 is 0. The summed E-state index contributed by atoms with van der Waals surface area (Å²) in [6.45, 7) is 3.81. The van der Waals surface area contributed by atoms with Crippen molar-refractivity contribution < 1.29 is 5.11 Å². The van der Waals surface area contributed by atoms with Crippen LogP contribution >= 0.6 is 0 Å². The minimum absolute atomic E-state index is 0.144. The monoisotopic (exact) mass is 153 g/mol. The predicted octanol–water partition coefficient (Wildman–Crippen LogP) is 1.20. The SMILES string of the molecule is CC(C)c1c[nH]cc(O)c1=O. The Bertz CT molecular complexity index is 301. The molecular formula is C8H11NO2. The molecule has 3 nitrogen and oxygen atoms in total. The fraction of sp³-hybridized carbons (Fsp3) is 0.375. The van der Waals surface area contributed by atoms with Crippen molar-refractivity contribution in [3.63, 3.8) is 0 Å². The Morgan fingerprint density at radius 3 is 2.55 bits per heavy atom. The van der Waals surface area contributed by atoms with E-state index >= 15 is 0 Å². The van der Waals surface area contributed by atoms with E-state index in [2.05, 4.69) is 4.98 Å². The third-order valence-electron chi connectivity index (χ3n) is 1.58. The van der Waals surface area contributed by atoms with Crippen LogP contribution in [-0.4, -0.2) is 10.1 Å². The molecule has 0 fully saturated rings. The van der Waals surface area contributed by atoms with Gasteiger partial charge < -0.3 is 10.1 Å². The molecule has 0 aliphatic rings. The Balaban J connectivity index is 3.28. The summed E-state index contributed by atoms with van der Waals surface area (Å²) in [6, 6.07) is 0. The second-order valence-electron chi connectivity index (χ2n) is 2.78. The molecule has 0 spiro atoms. The first-order valence-corrected chi connectivity index (χ1v) is 3.53. The third kappa shape index (κ3) is 1.42. The molecule has 0 aromatic carbocycles. The van der Waals surface area contributed by atoms with Gasteiger partial charge in [0.05, 0.1) is 0 Å². The molecule has 1 aromatic heterocycles. The van der Waals surface area contributed by atoms with Gasteiger partial charge in [-0.05, 0) is 5.92 Å². The minimum Gasteiger partial charge on any atom is -0.503 e. The molecule has 60 valence electrons. The smallest absolute Gasteiger partial charge is 0.226 e. The van der Waals surface area contributed by atoms with E-state index in [4.69, 9.17) is 5.11 Å². The van der Waals surface area contributed by atoms with Gasteiger partial charge in [-0.2, -0.15) is 0 Å². The molecule has 1 heterocycles. The van der Waals surface area contributed by atoms with E-state index in [1.54, 1.807) is 6.20 Å². The van der Waals surface area contributed by atoms with Gasteiger partial charge in [0.1, 0.15) is 0 Å². The second-order valence-corrected chi connectivity index (χ2v) is 2.78. The quantitative estimate of drug-likeness (QED) is 0.637. The van der Waals surface area contributed by atoms with Crippen LogP contribution in [0.1, 0.15) is 25.3 Å². The highest BCUT2D eigenvalue weighted by molar-refractivity contribution is 5.24. The lowest BCUT2D eigenvalue weighted by Gasteiger charge is -2.02. The number of hydrogen-bond donors (Lipinski definition) is 2. The molecular weight excluding hydrogens is 142 g/mol. The van der Waals surface area contributed by atoms with Gasteiger partial charge in [0.15, 0.2) is 5.75 Å². The zero-order valence-electron chi connectivity index (χ0n) is 6.59. The summed E-state index contributed by atoms with van der Waals surface area (Å²) in [5.74, 6) is -0.0675. The standard InChI is InChI=1S/C8H11NO2/c1-5(2)6-3-9-4-7(10)8(6)11/h3-5,10H,1-2H3,(H,9,11). The van der Waals surface area contributed by atoms with Gasteiger partial charge in [0, 0.05) is 18.0 Å². The molecule has 1 rings (SSSR count). The molecule has 0 bridgehead atoms. The Morgan fingerprint density at radius 2 is 2.09 bits per heavy atom. The number of aromatic nitrogens is 1. The Labute approximate surface area is 64.7 Å². The van der Waals surface area contributed by atoms with Crippen LogP contribution in [0.2, 0.25) is 0 Å². The normalized spacial score (nSPS) is 10.5. The highest BCUT2D eigenvalue weighted by atomic mass is 16.3. The summed E-state index contributed by atoms with van der Waals surface area (Å²) < 4.78 is 0. The summed E-state index contributed by atoms with van der Waals surface area (Å²) in [6.07, 6.45) is 2.90. The zero-order chi connectivity index (χ0) is 8.43. The van der Waals surface area contributed by atoms with E-state index in [0.29, 0.717) is 5.56 Å². The van der Waals surface area contributed by atoms with Crippen LogP contribution in [-0.2, 0) is 0 Å². The third-order valence-corrected chi connectivity index (χ3v) is 1.58. The van der Waals surface area contributed by atoms with Crippen molar-refractivity contribution in [1.82, 2.24) is 4.98 Å². The van der Waals surface area contributed by atoms with Crippen molar-refractivity contribution >= 4 is 0 Å². The lowest BCUT2D eigenvalue weighted by atomic mass is 10.1. The summed E-state index contributed by atoms with van der Waals surface area (Å²) in [4.78, 5) is 13.8. The molecule has 0 aliphatic carbocycles. The van der Waals surface area contributed by atoms with Crippen molar-refractivity contribution in [2.24, 2.45) is 0 Å². The van der Waals surface area contributed by atoms with Crippen LogP contribution in [0.5, 0.6) is 5.75 Å². The molecule has 0 unspecified atom stereocenters. The van der Waals surface area contributed by atoms with E-state index in [0.717, 1.165) is 0 Å². The molecule has 0 radical (unpaired) electrons. The lowest BCUT2D eigenvalue weighted by Crippen LogP contribution is -2.09. The van der Waals surface area contributed by atoms with E-state index in [-0.39, 0.29) is 17.1 Å². The van der Waals surface area contributed by atoms with Crippen molar-refractivity contribution in [2.45, 2.75) is 19.8 Å². The van der Waals surface area contributed by atoms with Gasteiger partial charge in [-0.1, -0.05) is 13.8 Å². The largest absolute Gasteiger partial charge is 0.503 e. The van der Waals surface area contributed by atoms with Crippen LogP contribution < -0.4 is 5.43 Å². The van der Waals surface area contributed by atoms with Crippen molar-refractivity contribution in [3.8, 4) is 5.75 Å². The maximum atomic E-state index is 11.1. The number of H-pyrrole nitrogens is 1. The number of nitrogens with one attached hydrogen (secondary N) is 1. The van der Waals surface area contributed by atoms with Crippen molar-refractivity contribution in [1.29, 1.82) is 0 Å². The average molecular weight is 153 g/mol. The van der Waals surface area contributed by atoms with Gasteiger partial charge in [-0.3, -0.25) is 4.79 Å². The predicted molar refractivity (Wildman–Crippen MR) is 42.8 cm³/mol. The van der Waals surface area contributed by atoms with Gasteiger partial charge in [0.2, 0.25) is 5.43 Å². The van der Waals surface area contributed by atoms with Crippen molar-refractivity contribution in [3.05, 3.63) is 28.2 Å². The second kappa shape index (κ2) is 2.78. The molecule has 0 aliphatic heterocycles. The van der Waals surface area contributed by atoms with Crippen LogP contribution in [0.4, 0.5) is 0 Å². The molecule has 0 saturated heterocycles. The van der Waals surface area contributed by atoms with Crippen LogP contribution in [0.3, 0.4) is 0 Å². The number of pyridine rings is 1. The topological polar surface area (TPSA) is 53.1 Å². The Hall–Kier alpha value is -1.25. The van der Waals surface area contributed by atoms with Gasteiger partial charge in [-0.25, -0.2) is 0 Å². The van der Waals surface area contributed by atoms with Crippen molar-refractivity contribution in [2.75, 3.05) is 0 Å². The molecule has 2 N–H and O–H groups in total. The summed E-state index contributed by atoms with van der Waals surface area (Å²) in [7, 11) is 0. The minimum atomic E-state index is -0.279. The molecule has 0 atom stereocenters. The van der Waals surface area contributed by atoms with E-state index in [1.165, 1.54) is 6.20 Å². The van der Waals surface area contributed by atoms with Gasteiger partial charge >= 0.3 is 0 Å². The molecule has 0 amide bonds. The Kier molecular flexibility index (Phi) is 1.98. The number of hydrogen-bond acceptors (Lipinski definition) is 2. The fourth-order valence-corrected chi connectivity index (χ4v) is 0.918. The number of aromatic hydroxyl groups is 1. The van der Waals surface area contributed by atoms with E-state index in [1.807, 2.05) is 13.8 Å². The summed E-state index contributed by atoms with van der Waals surface area (Å²) in [5.41, 5.74) is 0.337. The molecule has 0 saturated carbocycles. The number of aromatic amines is 1. The highest BCUT2D eigenvalue weighted by Gasteiger charge is 2.06. The lowest BCUT2D eigenvalue weighted by molar-refractivity contribution is 0.465. The molecule has 3 heteroatoms.